The molecule has 0 heterocycles. The fourth-order valence-electron chi connectivity index (χ4n) is 2.16. The van der Waals surface area contributed by atoms with Crippen molar-refractivity contribution in [1.82, 2.24) is 0 Å². The largest absolute Gasteiger partial charge is 0.494 e. The number of ether oxygens (including phenoxy) is 1. The summed E-state index contributed by atoms with van der Waals surface area (Å²) in [6, 6.07) is 17.3. The second-order valence-electron chi connectivity index (χ2n) is 5.47. The number of hydrogen-bond donors (Lipinski definition) is 1. The van der Waals surface area contributed by atoms with Crippen LogP contribution in [0.5, 0.6) is 5.75 Å². The Morgan fingerprint density at radius 2 is 1.78 bits per heavy atom. The molecule has 0 saturated heterocycles. The summed E-state index contributed by atoms with van der Waals surface area (Å²) in [7, 11) is 1.90. The van der Waals surface area contributed by atoms with Crippen LogP contribution in [0.15, 0.2) is 54.6 Å². The summed E-state index contributed by atoms with van der Waals surface area (Å²) in [4.78, 5) is 14.0. The maximum absolute atomic E-state index is 12.1. The van der Waals surface area contributed by atoms with Gasteiger partial charge in [0.05, 0.1) is 13.2 Å². The maximum Gasteiger partial charge on any atom is 0.243 e. The van der Waals surface area contributed by atoms with E-state index in [1.807, 2.05) is 66.5 Å². The third kappa shape index (κ3) is 5.66. The van der Waals surface area contributed by atoms with Gasteiger partial charge in [-0.25, -0.2) is 0 Å². The number of para-hydroxylation sites is 1. The van der Waals surface area contributed by atoms with Gasteiger partial charge in [0, 0.05) is 18.4 Å². The van der Waals surface area contributed by atoms with E-state index in [1.165, 1.54) is 0 Å². The minimum Gasteiger partial charge on any atom is -0.494 e. The molecule has 4 nitrogen and oxygen atoms in total. The van der Waals surface area contributed by atoms with E-state index in [0.717, 1.165) is 36.6 Å². The molecule has 0 aliphatic heterocycles. The summed E-state index contributed by atoms with van der Waals surface area (Å²) in [5, 5.41) is 2.90. The van der Waals surface area contributed by atoms with E-state index in [4.69, 9.17) is 4.74 Å². The van der Waals surface area contributed by atoms with Crippen LogP contribution in [-0.4, -0.2) is 26.1 Å². The minimum atomic E-state index is -0.0454. The van der Waals surface area contributed by atoms with Crippen LogP contribution in [0.2, 0.25) is 0 Å². The van der Waals surface area contributed by atoms with Crippen LogP contribution in [0.1, 0.15) is 19.8 Å². The smallest absolute Gasteiger partial charge is 0.243 e. The van der Waals surface area contributed by atoms with Crippen molar-refractivity contribution in [2.45, 2.75) is 19.8 Å². The van der Waals surface area contributed by atoms with E-state index in [2.05, 4.69) is 12.2 Å². The molecule has 0 unspecified atom stereocenters. The van der Waals surface area contributed by atoms with Crippen molar-refractivity contribution >= 4 is 17.3 Å². The summed E-state index contributed by atoms with van der Waals surface area (Å²) < 4.78 is 5.61. The lowest BCUT2D eigenvalue weighted by Gasteiger charge is -2.18. The molecule has 2 aromatic carbocycles. The van der Waals surface area contributed by atoms with Crippen molar-refractivity contribution < 1.29 is 9.53 Å². The monoisotopic (exact) mass is 312 g/mol. The Morgan fingerprint density at radius 1 is 1.09 bits per heavy atom. The number of benzene rings is 2. The molecule has 0 radical (unpaired) electrons. The zero-order chi connectivity index (χ0) is 16.5. The first-order valence-corrected chi connectivity index (χ1v) is 7.98. The number of carbonyl (C=O) groups is 1. The number of unbranched alkanes of at least 4 members (excludes halogenated alkanes) is 1. The zero-order valence-corrected chi connectivity index (χ0v) is 13.8. The third-order valence-corrected chi connectivity index (χ3v) is 3.48. The average Bonchev–Trinajstić information content (AvgIpc) is 2.57. The molecule has 0 aliphatic carbocycles. The van der Waals surface area contributed by atoms with Gasteiger partial charge in [-0.15, -0.1) is 0 Å². The fraction of sp³-hybridized carbons (Fsp3) is 0.316. The Balaban J connectivity index is 1.83. The van der Waals surface area contributed by atoms with Crippen LogP contribution in [0.4, 0.5) is 11.4 Å². The molecule has 2 rings (SSSR count). The molecular weight excluding hydrogens is 288 g/mol. The summed E-state index contributed by atoms with van der Waals surface area (Å²) in [6.45, 7) is 3.16. The predicted octanol–water partition coefficient (Wildman–Crippen LogP) is 3.94. The highest BCUT2D eigenvalue weighted by molar-refractivity contribution is 5.94. The highest BCUT2D eigenvalue weighted by atomic mass is 16.5. The molecule has 0 bridgehead atoms. The highest BCUT2D eigenvalue weighted by Gasteiger charge is 2.07. The molecule has 0 spiro atoms. The molecule has 1 amide bonds. The number of nitrogens with zero attached hydrogens (tertiary/aromatic N) is 1. The van der Waals surface area contributed by atoms with Crippen molar-refractivity contribution in [3.8, 4) is 5.75 Å². The molecule has 1 N–H and O–H groups in total. The van der Waals surface area contributed by atoms with Crippen molar-refractivity contribution in [2.75, 3.05) is 30.4 Å². The predicted molar refractivity (Wildman–Crippen MR) is 95.2 cm³/mol. The van der Waals surface area contributed by atoms with Crippen molar-refractivity contribution in [3.05, 3.63) is 54.6 Å². The normalized spacial score (nSPS) is 10.2. The first-order valence-electron chi connectivity index (χ1n) is 7.98. The third-order valence-electron chi connectivity index (χ3n) is 3.48. The van der Waals surface area contributed by atoms with Gasteiger partial charge in [-0.3, -0.25) is 4.79 Å². The van der Waals surface area contributed by atoms with Crippen LogP contribution < -0.4 is 15.0 Å². The van der Waals surface area contributed by atoms with Gasteiger partial charge in [0.2, 0.25) is 5.91 Å². The van der Waals surface area contributed by atoms with Gasteiger partial charge < -0.3 is 15.0 Å². The molecule has 0 fully saturated rings. The number of carbonyl (C=O) groups excluding carboxylic acids is 1. The lowest BCUT2D eigenvalue weighted by molar-refractivity contribution is -0.114. The highest BCUT2D eigenvalue weighted by Crippen LogP contribution is 2.16. The molecule has 0 aromatic heterocycles. The summed E-state index contributed by atoms with van der Waals surface area (Å²) in [5.74, 6) is 0.786. The van der Waals surface area contributed by atoms with Crippen molar-refractivity contribution in [3.63, 3.8) is 0 Å². The molecule has 23 heavy (non-hydrogen) atoms. The molecule has 122 valence electrons. The Labute approximate surface area is 138 Å². The molecule has 0 aliphatic rings. The van der Waals surface area contributed by atoms with Crippen LogP contribution in [0.3, 0.4) is 0 Å². The Bertz CT molecular complexity index is 597. The standard InChI is InChI=1S/C19H24N2O2/c1-3-4-14-23-18-12-10-16(11-13-18)20-19(22)15-21(2)17-8-6-5-7-9-17/h5-13H,3-4,14-15H2,1-2H3,(H,20,22). The molecular formula is C19H24N2O2. The Morgan fingerprint density at radius 3 is 2.43 bits per heavy atom. The summed E-state index contributed by atoms with van der Waals surface area (Å²) in [6.07, 6.45) is 2.16. The topological polar surface area (TPSA) is 41.6 Å². The van der Waals surface area contributed by atoms with E-state index < -0.39 is 0 Å². The van der Waals surface area contributed by atoms with Crippen LogP contribution >= 0.6 is 0 Å². The summed E-state index contributed by atoms with van der Waals surface area (Å²) >= 11 is 0. The lowest BCUT2D eigenvalue weighted by Crippen LogP contribution is -2.29. The number of nitrogens with one attached hydrogen (secondary N) is 1. The van der Waals surface area contributed by atoms with Gasteiger partial charge in [0.25, 0.3) is 0 Å². The van der Waals surface area contributed by atoms with Gasteiger partial charge in [-0.2, -0.15) is 0 Å². The number of likely N-dealkylation sites (N-methyl/N-ethyl adjacent to an activating group) is 1. The van der Waals surface area contributed by atoms with Gasteiger partial charge in [-0.05, 0) is 42.8 Å². The molecule has 4 heteroatoms. The first kappa shape index (κ1) is 16.9. The summed E-state index contributed by atoms with van der Waals surface area (Å²) in [5.41, 5.74) is 1.79. The second kappa shape index (κ2) is 8.83. The van der Waals surface area contributed by atoms with E-state index in [1.54, 1.807) is 0 Å². The zero-order valence-electron chi connectivity index (χ0n) is 13.8. The molecule has 0 saturated carbocycles. The van der Waals surface area contributed by atoms with Crippen molar-refractivity contribution in [2.24, 2.45) is 0 Å². The van der Waals surface area contributed by atoms with Gasteiger partial charge in [-0.1, -0.05) is 31.5 Å². The van der Waals surface area contributed by atoms with E-state index >= 15 is 0 Å². The van der Waals surface area contributed by atoms with Gasteiger partial charge in [0.15, 0.2) is 0 Å². The first-order chi connectivity index (χ1) is 11.2. The van der Waals surface area contributed by atoms with Crippen molar-refractivity contribution in [1.29, 1.82) is 0 Å². The van der Waals surface area contributed by atoms with Crippen LogP contribution in [0.25, 0.3) is 0 Å². The fourth-order valence-corrected chi connectivity index (χ4v) is 2.16. The number of rotatable bonds is 8. The number of anilines is 2. The second-order valence-corrected chi connectivity index (χ2v) is 5.47. The minimum absolute atomic E-state index is 0.0454. The number of amides is 1. The van der Waals surface area contributed by atoms with Crippen LogP contribution in [-0.2, 0) is 4.79 Å². The number of hydrogen-bond acceptors (Lipinski definition) is 3. The maximum atomic E-state index is 12.1. The van der Waals surface area contributed by atoms with E-state index in [0.29, 0.717) is 6.54 Å². The Hall–Kier alpha value is -2.49. The SMILES string of the molecule is CCCCOc1ccc(NC(=O)CN(C)c2ccccc2)cc1. The van der Waals surface area contributed by atoms with E-state index in [-0.39, 0.29) is 5.91 Å². The van der Waals surface area contributed by atoms with Gasteiger partial charge >= 0.3 is 0 Å². The Kier molecular flexibility index (Phi) is 6.48. The lowest BCUT2D eigenvalue weighted by atomic mass is 10.3. The molecule has 2 aromatic rings. The van der Waals surface area contributed by atoms with E-state index in [9.17, 15) is 4.79 Å². The molecule has 0 atom stereocenters. The van der Waals surface area contributed by atoms with Gasteiger partial charge in [0.1, 0.15) is 5.75 Å². The average molecular weight is 312 g/mol. The quantitative estimate of drug-likeness (QED) is 0.751. The van der Waals surface area contributed by atoms with Crippen LogP contribution in [0, 0.1) is 0 Å².